The Bertz CT molecular complexity index is 1040. The van der Waals surface area contributed by atoms with Crippen molar-refractivity contribution in [2.24, 2.45) is 12.1 Å². The van der Waals surface area contributed by atoms with Gasteiger partial charge in [-0.05, 0) is 6.07 Å². The van der Waals surface area contributed by atoms with Crippen molar-refractivity contribution >= 4 is 17.9 Å². The van der Waals surface area contributed by atoms with Gasteiger partial charge in [-0.25, -0.2) is 24.0 Å². The molecule has 0 saturated heterocycles. The van der Waals surface area contributed by atoms with Gasteiger partial charge in [0.15, 0.2) is 0 Å². The van der Waals surface area contributed by atoms with Crippen LogP contribution in [0.25, 0.3) is 5.69 Å². The average Bonchev–Trinajstić information content (AvgIpc) is 2.64. The molecule has 0 radical (unpaired) electrons. The van der Waals surface area contributed by atoms with Crippen LogP contribution in [0.5, 0.6) is 5.88 Å². The fourth-order valence-electron chi connectivity index (χ4n) is 2.42. The van der Waals surface area contributed by atoms with Crippen molar-refractivity contribution in [3.8, 4) is 11.6 Å². The molecule has 0 saturated carbocycles. The molecule has 1 aliphatic rings. The summed E-state index contributed by atoms with van der Waals surface area (Å²) in [4.78, 5) is 53.2. The molecular weight excluding hydrogens is 344 g/mol. The highest BCUT2D eigenvalue weighted by molar-refractivity contribution is 6.42. The Morgan fingerprint density at radius 1 is 1.12 bits per heavy atom. The van der Waals surface area contributed by atoms with Gasteiger partial charge >= 0.3 is 11.6 Å². The van der Waals surface area contributed by atoms with E-state index in [1.54, 1.807) is 0 Å². The molecule has 134 valence electrons. The van der Waals surface area contributed by atoms with Crippen LogP contribution in [0.2, 0.25) is 0 Å². The summed E-state index contributed by atoms with van der Waals surface area (Å²) < 4.78 is 6.67. The minimum atomic E-state index is -1.27. The maximum Gasteiger partial charge on any atom is 0.351 e. The Hall–Kier alpha value is -3.63. The number of methoxy groups -OCH3 is 1. The fourth-order valence-corrected chi connectivity index (χ4v) is 2.42. The van der Waals surface area contributed by atoms with E-state index < -0.39 is 28.9 Å². The molecule has 0 spiro atoms. The normalized spacial score (nSPS) is 16.9. The van der Waals surface area contributed by atoms with E-state index in [0.29, 0.717) is 5.88 Å². The first-order valence-electron chi connectivity index (χ1n) is 7.41. The number of rotatable bonds is 3. The standard InChI is InChI=1S/C15H14N6O5/c1-19-14(24)12(22)9(7-17-19)11-13(23)21(15(25)20(2)18-11)8-4-5-10(26-3)16-6-8/h4-7,9H,1-3H3. The van der Waals surface area contributed by atoms with Crippen molar-refractivity contribution < 1.29 is 14.3 Å². The van der Waals surface area contributed by atoms with Crippen LogP contribution in [0.1, 0.15) is 11.6 Å². The van der Waals surface area contributed by atoms with Gasteiger partial charge in [-0.2, -0.15) is 10.2 Å². The SMILES string of the molecule is COc1ccc(-n2c(=O)c(C3C=NN(C)C(=O)C3=O)nn(C)c2=O)cn1. The van der Waals surface area contributed by atoms with E-state index in [0.717, 1.165) is 20.5 Å². The summed E-state index contributed by atoms with van der Waals surface area (Å²) in [7, 11) is 4.08. The molecule has 2 aromatic heterocycles. The molecule has 2 aromatic rings. The van der Waals surface area contributed by atoms with Gasteiger partial charge < -0.3 is 4.74 Å². The maximum atomic E-state index is 12.8. The highest BCUT2D eigenvalue weighted by Gasteiger charge is 2.35. The quantitative estimate of drug-likeness (QED) is 0.607. The Morgan fingerprint density at radius 2 is 1.85 bits per heavy atom. The van der Waals surface area contributed by atoms with E-state index in [-0.39, 0.29) is 11.4 Å². The third-order valence-electron chi connectivity index (χ3n) is 3.81. The molecule has 1 amide bonds. The minimum absolute atomic E-state index is 0.170. The van der Waals surface area contributed by atoms with Gasteiger partial charge in [0, 0.05) is 26.4 Å². The summed E-state index contributed by atoms with van der Waals surface area (Å²) in [6.45, 7) is 0. The first kappa shape index (κ1) is 17.2. The van der Waals surface area contributed by atoms with Crippen LogP contribution in [-0.4, -0.2) is 56.4 Å². The van der Waals surface area contributed by atoms with Gasteiger partial charge in [-0.15, -0.1) is 0 Å². The van der Waals surface area contributed by atoms with Crippen molar-refractivity contribution in [1.29, 1.82) is 0 Å². The van der Waals surface area contributed by atoms with Crippen molar-refractivity contribution in [3.63, 3.8) is 0 Å². The number of hydrogen-bond donors (Lipinski definition) is 0. The predicted octanol–water partition coefficient (Wildman–Crippen LogP) is -1.55. The molecule has 3 heterocycles. The van der Waals surface area contributed by atoms with Crippen molar-refractivity contribution in [2.45, 2.75) is 5.92 Å². The van der Waals surface area contributed by atoms with Gasteiger partial charge in [0.2, 0.25) is 11.7 Å². The van der Waals surface area contributed by atoms with Gasteiger partial charge in [0.25, 0.3) is 5.56 Å². The van der Waals surface area contributed by atoms with Gasteiger partial charge in [0.05, 0.1) is 19.0 Å². The molecule has 3 rings (SSSR count). The second kappa shape index (κ2) is 6.35. The number of ketones is 1. The van der Waals surface area contributed by atoms with Crippen molar-refractivity contribution in [3.05, 3.63) is 44.9 Å². The van der Waals surface area contributed by atoms with Crippen LogP contribution in [0.4, 0.5) is 0 Å². The van der Waals surface area contributed by atoms with Crippen LogP contribution in [0, 0.1) is 0 Å². The number of ether oxygens (including phenoxy) is 1. The lowest BCUT2D eigenvalue weighted by atomic mass is 10.00. The molecule has 0 aromatic carbocycles. The first-order valence-corrected chi connectivity index (χ1v) is 7.41. The molecule has 0 bridgehead atoms. The lowest BCUT2D eigenvalue weighted by Crippen LogP contribution is -2.46. The summed E-state index contributed by atoms with van der Waals surface area (Å²) in [6.07, 6.45) is 2.43. The lowest BCUT2D eigenvalue weighted by Gasteiger charge is -2.19. The first-order chi connectivity index (χ1) is 12.3. The number of aryl methyl sites for hydroxylation is 1. The molecular formula is C15H14N6O5. The number of Topliss-reactive ketones (excluding diaryl/α,β-unsaturated/α-hetero) is 1. The number of carbonyl (C=O) groups is 2. The van der Waals surface area contributed by atoms with Crippen LogP contribution in [0.15, 0.2) is 33.0 Å². The molecule has 0 aliphatic carbocycles. The maximum absolute atomic E-state index is 12.8. The summed E-state index contributed by atoms with van der Waals surface area (Å²) in [5.41, 5.74) is -1.67. The van der Waals surface area contributed by atoms with Gasteiger partial charge in [-0.3, -0.25) is 14.4 Å². The fraction of sp³-hybridized carbons (Fsp3) is 0.267. The van der Waals surface area contributed by atoms with Crippen LogP contribution < -0.4 is 16.0 Å². The van der Waals surface area contributed by atoms with E-state index >= 15 is 0 Å². The number of carbonyl (C=O) groups excluding carboxylic acids is 2. The number of aromatic nitrogens is 4. The highest BCUT2D eigenvalue weighted by atomic mass is 16.5. The smallest absolute Gasteiger partial charge is 0.351 e. The third kappa shape index (κ3) is 2.68. The minimum Gasteiger partial charge on any atom is -0.481 e. The molecule has 11 nitrogen and oxygen atoms in total. The van der Waals surface area contributed by atoms with E-state index in [9.17, 15) is 19.2 Å². The monoisotopic (exact) mass is 358 g/mol. The van der Waals surface area contributed by atoms with E-state index in [1.165, 1.54) is 39.5 Å². The Labute approximate surface area is 146 Å². The summed E-state index contributed by atoms with van der Waals surface area (Å²) in [6, 6.07) is 2.95. The molecule has 1 atom stereocenters. The van der Waals surface area contributed by atoms with Gasteiger partial charge in [0.1, 0.15) is 11.6 Å². The zero-order chi connectivity index (χ0) is 19.0. The van der Waals surface area contributed by atoms with Crippen LogP contribution in [0.3, 0.4) is 0 Å². The number of pyridine rings is 1. The lowest BCUT2D eigenvalue weighted by molar-refractivity contribution is -0.144. The average molecular weight is 358 g/mol. The Kier molecular flexibility index (Phi) is 4.20. The molecule has 0 N–H and O–H groups in total. The van der Waals surface area contributed by atoms with E-state index in [4.69, 9.17) is 4.74 Å². The van der Waals surface area contributed by atoms with E-state index in [1.807, 2.05) is 0 Å². The Morgan fingerprint density at radius 3 is 2.46 bits per heavy atom. The summed E-state index contributed by atoms with van der Waals surface area (Å²) in [5, 5.41) is 8.51. The van der Waals surface area contributed by atoms with Gasteiger partial charge in [-0.1, -0.05) is 0 Å². The summed E-state index contributed by atoms with van der Waals surface area (Å²) >= 11 is 0. The molecule has 0 fully saturated rings. The molecule has 1 aliphatic heterocycles. The van der Waals surface area contributed by atoms with Crippen molar-refractivity contribution in [1.82, 2.24) is 24.3 Å². The zero-order valence-electron chi connectivity index (χ0n) is 14.1. The highest BCUT2D eigenvalue weighted by Crippen LogP contribution is 2.15. The second-order valence-electron chi connectivity index (χ2n) is 5.43. The van der Waals surface area contributed by atoms with E-state index in [2.05, 4.69) is 15.2 Å². The molecule has 11 heteroatoms. The Balaban J connectivity index is 2.21. The summed E-state index contributed by atoms with van der Waals surface area (Å²) in [5.74, 6) is -2.69. The zero-order valence-corrected chi connectivity index (χ0v) is 14.1. The number of nitrogens with zero attached hydrogens (tertiary/aromatic N) is 6. The van der Waals surface area contributed by atoms with Crippen LogP contribution in [-0.2, 0) is 16.6 Å². The molecule has 26 heavy (non-hydrogen) atoms. The number of hydrazone groups is 1. The van der Waals surface area contributed by atoms with Crippen molar-refractivity contribution in [2.75, 3.05) is 14.2 Å². The largest absolute Gasteiger partial charge is 0.481 e. The number of hydrogen-bond acceptors (Lipinski definition) is 8. The molecule has 1 unspecified atom stereocenters. The predicted molar refractivity (Wildman–Crippen MR) is 88.4 cm³/mol. The second-order valence-corrected chi connectivity index (χ2v) is 5.43. The third-order valence-corrected chi connectivity index (χ3v) is 3.81. The number of amides is 1. The number of likely N-dealkylation sites (N-methyl/N-ethyl adjacent to an activating group) is 1. The van der Waals surface area contributed by atoms with Crippen LogP contribution >= 0.6 is 0 Å². The topological polar surface area (TPSA) is 129 Å².